The molecule has 0 fully saturated rings. The number of rotatable bonds is 4. The highest BCUT2D eigenvalue weighted by atomic mass is 35.5. The topological polar surface area (TPSA) is 64.8 Å². The fourth-order valence-corrected chi connectivity index (χ4v) is 2.00. The standard InChI is InChI=1S/C13H13N3O2.ClH/c1-17-7-6-14-13-12-11(15-8-16-13)9-4-2-3-5-10(9)18-12;/h2-5,8H,6-7H2,1H3,(H,14,15,16);1H. The second-order valence-corrected chi connectivity index (χ2v) is 4.02. The smallest absolute Gasteiger partial charge is 0.271 e. The van der Waals surface area contributed by atoms with Gasteiger partial charge in [-0.25, -0.2) is 4.98 Å². The van der Waals surface area contributed by atoms with Gasteiger partial charge in [0.2, 0.25) is 5.58 Å². The van der Waals surface area contributed by atoms with Crippen molar-refractivity contribution in [1.82, 2.24) is 9.97 Å². The van der Waals surface area contributed by atoms with Crippen molar-refractivity contribution in [2.75, 3.05) is 20.3 Å². The lowest BCUT2D eigenvalue weighted by atomic mass is 10.2. The van der Waals surface area contributed by atoms with Crippen LogP contribution >= 0.6 is 0 Å². The zero-order valence-electron chi connectivity index (χ0n) is 10.5. The normalized spacial score (nSPS) is 10.8. The Morgan fingerprint density at radius 2 is 2.11 bits per heavy atom. The van der Waals surface area contributed by atoms with Crippen LogP contribution in [0.3, 0.4) is 0 Å². The number of hydrogen-bond acceptors (Lipinski definition) is 4. The van der Waals surface area contributed by atoms with E-state index in [-0.39, 0.29) is 12.4 Å². The number of furan rings is 1. The molecule has 2 aromatic heterocycles. The van der Waals surface area contributed by atoms with Crippen LogP contribution in [-0.4, -0.2) is 30.2 Å². The lowest BCUT2D eigenvalue weighted by Crippen LogP contribution is -3.00. The molecule has 0 atom stereocenters. The number of benzene rings is 1. The van der Waals surface area contributed by atoms with Crippen LogP contribution in [0.15, 0.2) is 35.0 Å². The molecule has 3 rings (SSSR count). The molecule has 100 valence electrons. The molecular formula is C13H14ClN3O2. The monoisotopic (exact) mass is 279 g/mol. The molecule has 0 amide bonds. The maximum Gasteiger partial charge on any atom is 0.271 e. The van der Waals surface area contributed by atoms with Gasteiger partial charge in [0, 0.05) is 12.5 Å². The predicted octanol–water partition coefficient (Wildman–Crippen LogP) is -1.78. The van der Waals surface area contributed by atoms with Crippen molar-refractivity contribution < 1.29 is 26.9 Å². The van der Waals surface area contributed by atoms with Crippen molar-refractivity contribution in [3.05, 3.63) is 30.6 Å². The van der Waals surface area contributed by atoms with E-state index in [0.717, 1.165) is 34.4 Å². The van der Waals surface area contributed by atoms with E-state index < -0.39 is 0 Å². The maximum absolute atomic E-state index is 5.82. The molecule has 6 heteroatoms. The Morgan fingerprint density at radius 3 is 2.95 bits per heavy atom. The molecule has 2 N–H and O–H groups in total. The predicted molar refractivity (Wildman–Crippen MR) is 67.6 cm³/mol. The molecule has 19 heavy (non-hydrogen) atoms. The SMILES string of the molecule is COCC[NH2+]c1ncnc2c1oc1ccccc12.[Cl-]. The number of nitrogens with two attached hydrogens (primary N) is 1. The van der Waals surface area contributed by atoms with Crippen molar-refractivity contribution in [3.8, 4) is 0 Å². The quantitative estimate of drug-likeness (QED) is 0.574. The second kappa shape index (κ2) is 5.97. The van der Waals surface area contributed by atoms with Crippen LogP contribution in [0.2, 0.25) is 0 Å². The van der Waals surface area contributed by atoms with E-state index in [2.05, 4.69) is 9.97 Å². The van der Waals surface area contributed by atoms with Gasteiger partial charge in [-0.05, 0) is 12.1 Å². The average molecular weight is 280 g/mol. The number of aromatic nitrogens is 2. The van der Waals surface area contributed by atoms with Gasteiger partial charge < -0.3 is 21.6 Å². The van der Waals surface area contributed by atoms with Crippen LogP contribution in [0.5, 0.6) is 0 Å². The van der Waals surface area contributed by atoms with Gasteiger partial charge in [-0.3, -0.25) is 5.32 Å². The van der Waals surface area contributed by atoms with E-state index in [0.29, 0.717) is 6.61 Å². The molecule has 0 saturated carbocycles. The number of methoxy groups -OCH3 is 1. The highest BCUT2D eigenvalue weighted by molar-refractivity contribution is 6.04. The molecule has 0 aliphatic carbocycles. The molecule has 0 bridgehead atoms. The number of para-hydroxylation sites is 1. The molecule has 0 saturated heterocycles. The number of halogens is 1. The summed E-state index contributed by atoms with van der Waals surface area (Å²) in [6, 6.07) is 7.88. The molecule has 0 spiro atoms. The van der Waals surface area contributed by atoms with Crippen LogP contribution in [-0.2, 0) is 4.74 Å². The zero-order chi connectivity index (χ0) is 12.4. The first kappa shape index (κ1) is 13.7. The Hall–Kier alpha value is -1.69. The van der Waals surface area contributed by atoms with Crippen LogP contribution < -0.4 is 17.7 Å². The van der Waals surface area contributed by atoms with Crippen LogP contribution in [0.4, 0.5) is 5.82 Å². The van der Waals surface area contributed by atoms with Gasteiger partial charge in [-0.1, -0.05) is 12.1 Å². The third-order valence-electron chi connectivity index (χ3n) is 2.85. The maximum atomic E-state index is 5.82. The van der Waals surface area contributed by atoms with E-state index in [4.69, 9.17) is 9.15 Å². The Bertz CT molecular complexity index is 684. The van der Waals surface area contributed by atoms with Crippen molar-refractivity contribution in [2.45, 2.75) is 0 Å². The Morgan fingerprint density at radius 1 is 1.26 bits per heavy atom. The van der Waals surface area contributed by atoms with E-state index in [9.17, 15) is 0 Å². The second-order valence-electron chi connectivity index (χ2n) is 4.02. The summed E-state index contributed by atoms with van der Waals surface area (Å²) >= 11 is 0. The summed E-state index contributed by atoms with van der Waals surface area (Å²) < 4.78 is 10.8. The van der Waals surface area contributed by atoms with Gasteiger partial charge in [-0.15, -0.1) is 0 Å². The van der Waals surface area contributed by atoms with Crippen molar-refractivity contribution >= 4 is 27.9 Å². The van der Waals surface area contributed by atoms with Crippen molar-refractivity contribution in [2.24, 2.45) is 0 Å². The zero-order valence-corrected chi connectivity index (χ0v) is 11.2. The molecule has 0 radical (unpaired) electrons. The van der Waals surface area contributed by atoms with Gasteiger partial charge in [0.05, 0.1) is 6.61 Å². The molecule has 0 aliphatic rings. The molecule has 1 aromatic carbocycles. The fraction of sp³-hybridized carbons (Fsp3) is 0.231. The summed E-state index contributed by atoms with van der Waals surface area (Å²) in [5.41, 5.74) is 2.45. The summed E-state index contributed by atoms with van der Waals surface area (Å²) in [4.78, 5) is 8.56. The Balaban J connectivity index is 0.00000133. The summed E-state index contributed by atoms with van der Waals surface area (Å²) in [5.74, 6) is 0.827. The minimum atomic E-state index is 0. The molecular weight excluding hydrogens is 266 g/mol. The van der Waals surface area contributed by atoms with Gasteiger partial charge >= 0.3 is 0 Å². The first-order valence-corrected chi connectivity index (χ1v) is 5.84. The fourth-order valence-electron chi connectivity index (χ4n) is 2.00. The van der Waals surface area contributed by atoms with Gasteiger partial charge in [0.25, 0.3) is 5.82 Å². The third kappa shape index (κ3) is 2.53. The molecule has 0 unspecified atom stereocenters. The summed E-state index contributed by atoms with van der Waals surface area (Å²) in [5, 5.41) is 3.03. The van der Waals surface area contributed by atoms with Crippen molar-refractivity contribution in [1.29, 1.82) is 0 Å². The first-order chi connectivity index (χ1) is 8.90. The number of nitrogens with zero attached hydrogens (tertiary/aromatic N) is 2. The minimum absolute atomic E-state index is 0. The van der Waals surface area contributed by atoms with E-state index in [1.54, 1.807) is 13.4 Å². The van der Waals surface area contributed by atoms with E-state index in [1.807, 2.05) is 29.6 Å². The average Bonchev–Trinajstić information content (AvgIpc) is 2.79. The number of quaternary nitrogens is 1. The lowest BCUT2D eigenvalue weighted by Gasteiger charge is -1.98. The molecule has 2 heterocycles. The Labute approximate surface area is 116 Å². The minimum Gasteiger partial charge on any atom is -1.00 e. The first-order valence-electron chi connectivity index (χ1n) is 5.84. The lowest BCUT2D eigenvalue weighted by molar-refractivity contribution is -0.576. The Kier molecular flexibility index (Phi) is 4.31. The largest absolute Gasteiger partial charge is 1.00 e. The van der Waals surface area contributed by atoms with E-state index in [1.165, 1.54) is 0 Å². The van der Waals surface area contributed by atoms with E-state index >= 15 is 0 Å². The van der Waals surface area contributed by atoms with Gasteiger partial charge in [0.15, 0.2) is 0 Å². The van der Waals surface area contributed by atoms with Crippen molar-refractivity contribution in [3.63, 3.8) is 0 Å². The third-order valence-corrected chi connectivity index (χ3v) is 2.85. The number of fused-ring (bicyclic) bond motifs is 3. The molecule has 3 aromatic rings. The summed E-state index contributed by atoms with van der Waals surface area (Å²) in [6.07, 6.45) is 1.57. The van der Waals surface area contributed by atoms with Crippen LogP contribution in [0.1, 0.15) is 0 Å². The van der Waals surface area contributed by atoms with Crippen LogP contribution in [0, 0.1) is 0 Å². The number of ether oxygens (including phenoxy) is 1. The van der Waals surface area contributed by atoms with Gasteiger partial charge in [0.1, 0.15) is 24.0 Å². The van der Waals surface area contributed by atoms with Gasteiger partial charge in [-0.2, -0.15) is 4.98 Å². The molecule has 5 nitrogen and oxygen atoms in total. The molecule has 0 aliphatic heterocycles. The summed E-state index contributed by atoms with van der Waals surface area (Å²) in [7, 11) is 1.69. The van der Waals surface area contributed by atoms with Crippen LogP contribution in [0.25, 0.3) is 22.1 Å². The highest BCUT2D eigenvalue weighted by Gasteiger charge is 2.14. The summed E-state index contributed by atoms with van der Waals surface area (Å²) in [6.45, 7) is 1.48. The highest BCUT2D eigenvalue weighted by Crippen LogP contribution is 2.28. The number of hydrogen-bond donors (Lipinski definition) is 1.